The zero-order valence-electron chi connectivity index (χ0n) is 9.81. The predicted octanol–water partition coefficient (Wildman–Crippen LogP) is 2.25. The number of aromatic nitrogens is 2. The molecule has 82 valence electrons. The van der Waals surface area contributed by atoms with Gasteiger partial charge in [0.1, 0.15) is 12.5 Å². The molecule has 0 atom stereocenters. The molecule has 4 nitrogen and oxygen atoms in total. The Morgan fingerprint density at radius 2 is 2.00 bits per heavy atom. The molecule has 0 saturated carbocycles. The summed E-state index contributed by atoms with van der Waals surface area (Å²) in [6.07, 6.45) is 1.81. The molecule has 0 saturated heterocycles. The van der Waals surface area contributed by atoms with E-state index in [0.29, 0.717) is 12.0 Å². The molecule has 1 aromatic heterocycles. The van der Waals surface area contributed by atoms with E-state index >= 15 is 0 Å². The maximum Gasteiger partial charge on any atom is 0.154 e. The maximum atomic E-state index is 4.65. The van der Waals surface area contributed by atoms with Crippen molar-refractivity contribution in [3.05, 3.63) is 12.3 Å². The minimum atomic E-state index is 0.455. The van der Waals surface area contributed by atoms with Gasteiger partial charge in [0.25, 0.3) is 0 Å². The van der Waals surface area contributed by atoms with Crippen LogP contribution in [0.1, 0.15) is 27.7 Å². The quantitative estimate of drug-likeness (QED) is 0.743. The van der Waals surface area contributed by atoms with E-state index in [1.807, 2.05) is 10.7 Å². The summed E-state index contributed by atoms with van der Waals surface area (Å²) in [7, 11) is 0. The van der Waals surface area contributed by atoms with Crippen LogP contribution < -0.4 is 0 Å². The van der Waals surface area contributed by atoms with Crippen molar-refractivity contribution in [2.45, 2.75) is 40.4 Å². The van der Waals surface area contributed by atoms with Gasteiger partial charge in [-0.15, -0.1) is 0 Å². The predicted molar refractivity (Wildman–Crippen MR) is 61.1 cm³/mol. The van der Waals surface area contributed by atoms with Crippen molar-refractivity contribution in [1.82, 2.24) is 14.7 Å². The van der Waals surface area contributed by atoms with Crippen molar-refractivity contribution in [3.8, 4) is 0 Å². The highest BCUT2D eigenvalue weighted by Gasteiger charge is 2.23. The van der Waals surface area contributed by atoms with Crippen LogP contribution in [0.3, 0.4) is 0 Å². The molecule has 2 rings (SSSR count). The molecule has 0 amide bonds. The molecule has 0 bridgehead atoms. The normalized spacial score (nSPS) is 15.9. The van der Waals surface area contributed by atoms with Crippen LogP contribution in [0.5, 0.6) is 0 Å². The molecule has 0 spiro atoms. The maximum absolute atomic E-state index is 4.65. The standard InChI is InChI=1S/C11H18N4/c1-8(2)11-13-10-5-6-12-15(10)7-14(11)9(3)4/h5-6,8-9H,7H2,1-4H3. The van der Waals surface area contributed by atoms with E-state index in [2.05, 4.69) is 42.7 Å². The van der Waals surface area contributed by atoms with Crippen molar-refractivity contribution in [3.63, 3.8) is 0 Å². The fourth-order valence-corrected chi connectivity index (χ4v) is 1.82. The summed E-state index contributed by atoms with van der Waals surface area (Å²) >= 11 is 0. The molecular formula is C11H18N4. The molecule has 0 fully saturated rings. The van der Waals surface area contributed by atoms with Gasteiger partial charge in [0.15, 0.2) is 5.82 Å². The van der Waals surface area contributed by atoms with Gasteiger partial charge in [-0.05, 0) is 13.8 Å². The Morgan fingerprint density at radius 3 is 2.60 bits per heavy atom. The average molecular weight is 206 g/mol. The van der Waals surface area contributed by atoms with E-state index in [4.69, 9.17) is 0 Å². The number of rotatable bonds is 2. The van der Waals surface area contributed by atoms with Crippen LogP contribution in [0, 0.1) is 5.92 Å². The molecule has 2 heterocycles. The zero-order valence-corrected chi connectivity index (χ0v) is 9.81. The lowest BCUT2D eigenvalue weighted by Gasteiger charge is -2.34. The summed E-state index contributed by atoms with van der Waals surface area (Å²) in [5, 5.41) is 4.25. The second-order valence-corrected chi connectivity index (χ2v) is 4.52. The third kappa shape index (κ3) is 1.76. The first-order valence-corrected chi connectivity index (χ1v) is 5.46. The van der Waals surface area contributed by atoms with Crippen LogP contribution in [-0.4, -0.2) is 26.6 Å². The van der Waals surface area contributed by atoms with Crippen LogP contribution in [0.25, 0.3) is 0 Å². The average Bonchev–Trinajstić information content (AvgIpc) is 2.61. The number of nitrogens with zero attached hydrogens (tertiary/aromatic N) is 4. The molecule has 0 radical (unpaired) electrons. The van der Waals surface area contributed by atoms with Gasteiger partial charge in [-0.2, -0.15) is 5.10 Å². The highest BCUT2D eigenvalue weighted by molar-refractivity contribution is 5.87. The van der Waals surface area contributed by atoms with E-state index in [0.717, 1.165) is 18.3 Å². The first kappa shape index (κ1) is 10.2. The van der Waals surface area contributed by atoms with Gasteiger partial charge in [-0.3, -0.25) is 0 Å². The third-order valence-electron chi connectivity index (χ3n) is 2.64. The van der Waals surface area contributed by atoms with Crippen molar-refractivity contribution in [2.24, 2.45) is 10.9 Å². The Hall–Kier alpha value is -1.32. The Kier molecular flexibility index (Phi) is 2.50. The van der Waals surface area contributed by atoms with Gasteiger partial charge in [0, 0.05) is 18.0 Å². The molecule has 1 aliphatic rings. The largest absolute Gasteiger partial charge is 0.338 e. The first-order valence-electron chi connectivity index (χ1n) is 5.46. The van der Waals surface area contributed by atoms with E-state index in [1.54, 1.807) is 6.20 Å². The third-order valence-corrected chi connectivity index (χ3v) is 2.64. The van der Waals surface area contributed by atoms with E-state index in [9.17, 15) is 0 Å². The lowest BCUT2D eigenvalue weighted by molar-refractivity contribution is 0.254. The van der Waals surface area contributed by atoms with Gasteiger partial charge < -0.3 is 4.90 Å². The highest BCUT2D eigenvalue weighted by atomic mass is 15.4. The fraction of sp³-hybridized carbons (Fsp3) is 0.636. The number of hydrogen-bond donors (Lipinski definition) is 0. The van der Waals surface area contributed by atoms with E-state index < -0.39 is 0 Å². The summed E-state index contributed by atoms with van der Waals surface area (Å²) in [6.45, 7) is 9.55. The smallest absolute Gasteiger partial charge is 0.154 e. The molecule has 15 heavy (non-hydrogen) atoms. The van der Waals surface area contributed by atoms with Crippen molar-refractivity contribution < 1.29 is 0 Å². The summed E-state index contributed by atoms with van der Waals surface area (Å²) in [5.41, 5.74) is 0. The van der Waals surface area contributed by atoms with Gasteiger partial charge in [-0.25, -0.2) is 9.67 Å². The van der Waals surface area contributed by atoms with Crippen molar-refractivity contribution in [1.29, 1.82) is 0 Å². The van der Waals surface area contributed by atoms with Crippen LogP contribution in [0.2, 0.25) is 0 Å². The van der Waals surface area contributed by atoms with Gasteiger partial charge in [0.05, 0.1) is 6.20 Å². The van der Waals surface area contributed by atoms with Crippen molar-refractivity contribution >= 4 is 11.7 Å². The lowest BCUT2D eigenvalue weighted by atomic mass is 10.1. The highest BCUT2D eigenvalue weighted by Crippen LogP contribution is 2.22. The molecule has 0 N–H and O–H groups in total. The number of aliphatic imine (C=N–C) groups is 1. The van der Waals surface area contributed by atoms with E-state index in [1.165, 1.54) is 0 Å². The molecule has 0 aliphatic carbocycles. The molecular weight excluding hydrogens is 188 g/mol. The number of hydrogen-bond acceptors (Lipinski definition) is 3. The zero-order chi connectivity index (χ0) is 11.0. The SMILES string of the molecule is CC(C)C1=Nc2ccnn2CN1C(C)C. The number of amidine groups is 1. The van der Waals surface area contributed by atoms with Gasteiger partial charge >= 0.3 is 0 Å². The van der Waals surface area contributed by atoms with Crippen molar-refractivity contribution in [2.75, 3.05) is 0 Å². The van der Waals surface area contributed by atoms with Gasteiger partial charge in [0.2, 0.25) is 0 Å². The van der Waals surface area contributed by atoms with E-state index in [-0.39, 0.29) is 0 Å². The Balaban J connectivity index is 2.39. The summed E-state index contributed by atoms with van der Waals surface area (Å²) < 4.78 is 1.94. The molecule has 0 unspecified atom stereocenters. The molecule has 1 aromatic rings. The number of fused-ring (bicyclic) bond motifs is 1. The Bertz CT molecular complexity index is 376. The van der Waals surface area contributed by atoms with Crippen LogP contribution >= 0.6 is 0 Å². The summed E-state index contributed by atoms with van der Waals surface area (Å²) in [5.74, 6) is 2.59. The van der Waals surface area contributed by atoms with Crippen LogP contribution in [0.15, 0.2) is 17.3 Å². The second-order valence-electron chi connectivity index (χ2n) is 4.52. The molecule has 0 aromatic carbocycles. The second kappa shape index (κ2) is 3.68. The minimum absolute atomic E-state index is 0.455. The Morgan fingerprint density at radius 1 is 1.27 bits per heavy atom. The first-order chi connectivity index (χ1) is 7.09. The monoisotopic (exact) mass is 206 g/mol. The van der Waals surface area contributed by atoms with Crippen LogP contribution in [-0.2, 0) is 6.67 Å². The topological polar surface area (TPSA) is 33.4 Å². The summed E-state index contributed by atoms with van der Waals surface area (Å²) in [4.78, 5) is 6.95. The Labute approximate surface area is 90.6 Å². The molecule has 1 aliphatic heterocycles. The summed E-state index contributed by atoms with van der Waals surface area (Å²) in [6, 6.07) is 2.42. The molecule has 4 heteroatoms. The van der Waals surface area contributed by atoms with Gasteiger partial charge in [-0.1, -0.05) is 13.8 Å². The fourth-order valence-electron chi connectivity index (χ4n) is 1.82. The lowest BCUT2D eigenvalue weighted by Crippen LogP contribution is -2.43. The van der Waals surface area contributed by atoms with Crippen LogP contribution in [0.4, 0.5) is 5.82 Å². The minimum Gasteiger partial charge on any atom is -0.338 e.